The summed E-state index contributed by atoms with van der Waals surface area (Å²) in [6.45, 7) is 0. The van der Waals surface area contributed by atoms with Crippen LogP contribution in [0.25, 0.3) is 0 Å². The third-order valence-corrected chi connectivity index (χ3v) is 5.21. The molecule has 0 radical (unpaired) electrons. The van der Waals surface area contributed by atoms with Gasteiger partial charge >= 0.3 is 0 Å². The molecule has 21 heavy (non-hydrogen) atoms. The van der Waals surface area contributed by atoms with Crippen molar-refractivity contribution in [2.24, 2.45) is 11.8 Å². The first-order valence-electron chi connectivity index (χ1n) is 7.51. The highest BCUT2D eigenvalue weighted by molar-refractivity contribution is 5.44. The van der Waals surface area contributed by atoms with Crippen molar-refractivity contribution in [2.75, 3.05) is 14.2 Å². The van der Waals surface area contributed by atoms with Gasteiger partial charge in [-0.05, 0) is 49.3 Å². The fraction of sp³-hybridized carbons (Fsp3) is 0.625. The number of hydrogen-bond donors (Lipinski definition) is 0. The Balaban J connectivity index is 1.99. The van der Waals surface area contributed by atoms with Crippen molar-refractivity contribution in [2.45, 2.75) is 37.6 Å². The minimum Gasteiger partial charge on any atom is -0.493 e. The lowest BCUT2D eigenvalue weighted by atomic mass is 9.60. The molecule has 5 heteroatoms. The van der Waals surface area contributed by atoms with Crippen molar-refractivity contribution >= 4 is 0 Å². The molecule has 0 amide bonds. The monoisotopic (exact) mass is 291 g/mol. The first-order chi connectivity index (χ1) is 10.2. The van der Waals surface area contributed by atoms with Gasteiger partial charge in [0, 0.05) is 10.8 Å². The van der Waals surface area contributed by atoms with Crippen LogP contribution in [0, 0.1) is 22.0 Å². The van der Waals surface area contributed by atoms with Crippen LogP contribution < -0.4 is 9.47 Å². The van der Waals surface area contributed by atoms with E-state index in [1.165, 1.54) is 0 Å². The second-order valence-electron chi connectivity index (χ2n) is 6.09. The lowest BCUT2D eigenvalue weighted by Crippen LogP contribution is -2.46. The Bertz CT molecular complexity index is 537. The summed E-state index contributed by atoms with van der Waals surface area (Å²) in [7, 11) is 3.19. The number of rotatable bonds is 4. The molecule has 3 fully saturated rings. The van der Waals surface area contributed by atoms with E-state index < -0.39 is 6.04 Å². The second kappa shape index (κ2) is 5.54. The summed E-state index contributed by atoms with van der Waals surface area (Å²) in [6, 6.07) is 5.28. The zero-order valence-corrected chi connectivity index (χ0v) is 12.5. The summed E-state index contributed by atoms with van der Waals surface area (Å²) >= 11 is 0. The van der Waals surface area contributed by atoms with Crippen LogP contribution in [0.4, 0.5) is 0 Å². The third-order valence-electron chi connectivity index (χ3n) is 5.21. The third kappa shape index (κ3) is 2.34. The Hall–Kier alpha value is -1.78. The molecule has 0 N–H and O–H groups in total. The van der Waals surface area contributed by atoms with Crippen LogP contribution in [-0.4, -0.2) is 25.2 Å². The van der Waals surface area contributed by atoms with Gasteiger partial charge < -0.3 is 9.47 Å². The highest BCUT2D eigenvalue weighted by Gasteiger charge is 2.51. The average Bonchev–Trinajstić information content (AvgIpc) is 2.54. The van der Waals surface area contributed by atoms with Gasteiger partial charge in [-0.3, -0.25) is 10.1 Å². The highest BCUT2D eigenvalue weighted by atomic mass is 16.6. The van der Waals surface area contributed by atoms with Gasteiger partial charge in [0.25, 0.3) is 0 Å². The molecule has 0 unspecified atom stereocenters. The van der Waals surface area contributed by atoms with Crippen molar-refractivity contribution in [1.82, 2.24) is 0 Å². The molecular formula is C16H21NO4. The van der Waals surface area contributed by atoms with Crippen LogP contribution in [0.1, 0.15) is 37.2 Å². The number of fused-ring (bicyclic) bond motifs is 3. The molecule has 1 aromatic rings. The van der Waals surface area contributed by atoms with Crippen molar-refractivity contribution in [3.63, 3.8) is 0 Å². The Kier molecular flexibility index (Phi) is 3.74. The van der Waals surface area contributed by atoms with Gasteiger partial charge in [0.2, 0.25) is 6.04 Å². The number of nitrogens with zero attached hydrogens (tertiary/aromatic N) is 1. The van der Waals surface area contributed by atoms with E-state index >= 15 is 0 Å². The van der Waals surface area contributed by atoms with Crippen molar-refractivity contribution in [1.29, 1.82) is 0 Å². The van der Waals surface area contributed by atoms with Gasteiger partial charge in [-0.25, -0.2) is 0 Å². The van der Waals surface area contributed by atoms with Crippen molar-refractivity contribution in [3.8, 4) is 11.5 Å². The lowest BCUT2D eigenvalue weighted by Gasteiger charge is -2.44. The number of ether oxygens (including phenoxy) is 2. The minimum atomic E-state index is -0.449. The quantitative estimate of drug-likeness (QED) is 0.631. The Labute approximate surface area is 124 Å². The number of methoxy groups -OCH3 is 2. The SMILES string of the molecule is COc1ccc([C@H]2C3CCC(CC3)[C@@H]2[N+](=O)[O-])cc1OC. The molecule has 2 bridgehead atoms. The first kappa shape index (κ1) is 14.2. The van der Waals surface area contributed by atoms with Crippen molar-refractivity contribution in [3.05, 3.63) is 33.9 Å². The van der Waals surface area contributed by atoms with Gasteiger partial charge in [0.05, 0.1) is 20.1 Å². The van der Waals surface area contributed by atoms with E-state index in [-0.39, 0.29) is 16.8 Å². The summed E-state index contributed by atoms with van der Waals surface area (Å²) < 4.78 is 10.6. The van der Waals surface area contributed by atoms with Gasteiger partial charge in [0.15, 0.2) is 11.5 Å². The smallest absolute Gasteiger partial charge is 0.222 e. The summed E-state index contributed by atoms with van der Waals surface area (Å²) in [5.41, 5.74) is 1.02. The zero-order valence-electron chi connectivity index (χ0n) is 12.5. The molecule has 0 aromatic heterocycles. The standard InChI is InChI=1S/C16H21NO4/c1-20-13-8-7-12(9-14(13)21-2)15-10-3-5-11(6-4-10)16(15)17(18)19/h7-11,15-16H,3-6H2,1-2H3/t10?,11?,15-,16+/m1/s1. The van der Waals surface area contributed by atoms with E-state index in [2.05, 4.69) is 0 Å². The average molecular weight is 291 g/mol. The van der Waals surface area contributed by atoms with E-state index in [4.69, 9.17) is 9.47 Å². The highest BCUT2D eigenvalue weighted by Crippen LogP contribution is 2.51. The van der Waals surface area contributed by atoms with Gasteiger partial charge in [0.1, 0.15) is 0 Å². The number of nitro groups is 1. The molecule has 4 rings (SSSR count). The van der Waals surface area contributed by atoms with Crippen LogP contribution in [0.3, 0.4) is 0 Å². The van der Waals surface area contributed by atoms with Gasteiger partial charge in [-0.1, -0.05) is 6.07 Å². The van der Waals surface area contributed by atoms with Gasteiger partial charge in [-0.2, -0.15) is 0 Å². The maximum absolute atomic E-state index is 11.6. The predicted molar refractivity (Wildman–Crippen MR) is 78.5 cm³/mol. The Morgan fingerprint density at radius 1 is 1.05 bits per heavy atom. The lowest BCUT2D eigenvalue weighted by molar-refractivity contribution is -0.545. The molecular weight excluding hydrogens is 270 g/mol. The molecule has 3 aliphatic rings. The molecule has 2 atom stereocenters. The summed E-state index contributed by atoms with van der Waals surface area (Å²) in [4.78, 5) is 11.5. The normalized spacial score (nSPS) is 31.0. The van der Waals surface area contributed by atoms with Crippen LogP contribution in [0.2, 0.25) is 0 Å². The van der Waals surface area contributed by atoms with E-state index in [1.807, 2.05) is 18.2 Å². The summed E-state index contributed by atoms with van der Waals surface area (Å²) in [5, 5.41) is 11.6. The molecule has 5 nitrogen and oxygen atoms in total. The van der Waals surface area contributed by atoms with E-state index in [0.717, 1.165) is 31.2 Å². The molecule has 1 aromatic carbocycles. The molecule has 0 spiro atoms. The van der Waals surface area contributed by atoms with Crippen molar-refractivity contribution < 1.29 is 14.4 Å². The zero-order chi connectivity index (χ0) is 15.0. The molecule has 0 heterocycles. The van der Waals surface area contributed by atoms with Crippen LogP contribution in [0.15, 0.2) is 18.2 Å². The maximum atomic E-state index is 11.6. The molecule has 0 saturated heterocycles. The van der Waals surface area contributed by atoms with Crippen LogP contribution in [0.5, 0.6) is 11.5 Å². The summed E-state index contributed by atoms with van der Waals surface area (Å²) in [5.74, 6) is 1.97. The predicted octanol–water partition coefficient (Wildman–Crippen LogP) is 3.25. The first-order valence-corrected chi connectivity index (χ1v) is 7.51. The number of benzene rings is 1. The minimum absolute atomic E-state index is 0.00676. The maximum Gasteiger partial charge on any atom is 0.222 e. The fourth-order valence-corrected chi connectivity index (χ4v) is 4.25. The van der Waals surface area contributed by atoms with Gasteiger partial charge in [-0.15, -0.1) is 0 Å². The molecule has 3 saturated carbocycles. The number of hydrogen-bond acceptors (Lipinski definition) is 4. The molecule has 114 valence electrons. The molecule has 3 aliphatic carbocycles. The van der Waals surface area contributed by atoms with E-state index in [9.17, 15) is 10.1 Å². The topological polar surface area (TPSA) is 61.6 Å². The Morgan fingerprint density at radius 3 is 2.24 bits per heavy atom. The van der Waals surface area contributed by atoms with E-state index in [1.54, 1.807) is 14.2 Å². The van der Waals surface area contributed by atoms with Crippen LogP contribution in [-0.2, 0) is 0 Å². The second-order valence-corrected chi connectivity index (χ2v) is 6.09. The largest absolute Gasteiger partial charge is 0.493 e. The van der Waals surface area contributed by atoms with Crippen LogP contribution >= 0.6 is 0 Å². The molecule has 0 aliphatic heterocycles. The Morgan fingerprint density at radius 2 is 1.67 bits per heavy atom. The van der Waals surface area contributed by atoms with E-state index in [0.29, 0.717) is 17.4 Å². The summed E-state index contributed by atoms with van der Waals surface area (Å²) in [6.07, 6.45) is 4.21. The fourth-order valence-electron chi connectivity index (χ4n) is 4.25.